The van der Waals surface area contributed by atoms with Crippen molar-refractivity contribution >= 4 is 6.03 Å². The van der Waals surface area contributed by atoms with E-state index in [1.807, 2.05) is 43.3 Å². The van der Waals surface area contributed by atoms with Crippen LogP contribution >= 0.6 is 0 Å². The maximum Gasteiger partial charge on any atom is 0.316 e. The number of benzene rings is 1. The molecule has 23 heavy (non-hydrogen) atoms. The van der Waals surface area contributed by atoms with Gasteiger partial charge in [0.1, 0.15) is 17.6 Å². The van der Waals surface area contributed by atoms with Gasteiger partial charge in [-0.3, -0.25) is 0 Å². The molecule has 1 aromatic heterocycles. The van der Waals surface area contributed by atoms with Gasteiger partial charge in [0, 0.05) is 7.11 Å². The van der Waals surface area contributed by atoms with Gasteiger partial charge in [-0.05, 0) is 24.6 Å². The smallest absolute Gasteiger partial charge is 0.316 e. The minimum Gasteiger partial charge on any atom is -0.464 e. The number of urea groups is 1. The molecule has 6 heteroatoms. The van der Waals surface area contributed by atoms with Crippen LogP contribution in [0.15, 0.2) is 46.9 Å². The van der Waals surface area contributed by atoms with E-state index >= 15 is 0 Å². The van der Waals surface area contributed by atoms with E-state index in [4.69, 9.17) is 9.15 Å². The van der Waals surface area contributed by atoms with Gasteiger partial charge in [0.05, 0.1) is 19.3 Å². The van der Waals surface area contributed by atoms with E-state index in [1.165, 1.54) is 0 Å². The third-order valence-corrected chi connectivity index (χ3v) is 3.43. The molecular weight excluding hydrogens is 296 g/mol. The van der Waals surface area contributed by atoms with Gasteiger partial charge in [-0.2, -0.15) is 0 Å². The molecule has 0 aliphatic rings. The van der Waals surface area contributed by atoms with Crippen LogP contribution in [-0.4, -0.2) is 31.5 Å². The first-order chi connectivity index (χ1) is 11.1. The highest BCUT2D eigenvalue weighted by atomic mass is 16.5. The maximum absolute atomic E-state index is 12.2. The number of furan rings is 1. The number of carbonyl (C=O) groups excluding carboxylic acids is 1. The Labute approximate surface area is 135 Å². The summed E-state index contributed by atoms with van der Waals surface area (Å²) in [5, 5.41) is 15.1. The van der Waals surface area contributed by atoms with Crippen LogP contribution in [-0.2, 0) is 4.74 Å². The van der Waals surface area contributed by atoms with E-state index in [0.717, 1.165) is 11.3 Å². The summed E-state index contributed by atoms with van der Waals surface area (Å²) in [5.41, 5.74) is 0.835. The van der Waals surface area contributed by atoms with E-state index in [1.54, 1.807) is 13.2 Å². The summed E-state index contributed by atoms with van der Waals surface area (Å²) in [6.45, 7) is 1.94. The molecule has 0 bridgehead atoms. The van der Waals surface area contributed by atoms with Crippen LogP contribution in [0.2, 0.25) is 0 Å². The van der Waals surface area contributed by atoms with Gasteiger partial charge in [-0.15, -0.1) is 0 Å². The zero-order valence-electron chi connectivity index (χ0n) is 13.3. The van der Waals surface area contributed by atoms with Crippen LogP contribution in [0.1, 0.15) is 29.2 Å². The van der Waals surface area contributed by atoms with Crippen LogP contribution in [0.25, 0.3) is 0 Å². The average molecular weight is 318 g/mol. The monoisotopic (exact) mass is 318 g/mol. The van der Waals surface area contributed by atoms with Crippen LogP contribution in [0.3, 0.4) is 0 Å². The van der Waals surface area contributed by atoms with Crippen molar-refractivity contribution in [3.63, 3.8) is 0 Å². The molecule has 0 spiro atoms. The Morgan fingerprint density at radius 3 is 2.43 bits per heavy atom. The third-order valence-electron chi connectivity index (χ3n) is 3.43. The predicted octanol–water partition coefficient (Wildman–Crippen LogP) is 2.31. The fraction of sp³-hybridized carbons (Fsp3) is 0.353. The Morgan fingerprint density at radius 1 is 1.17 bits per heavy atom. The number of ether oxygens (including phenoxy) is 1. The number of methoxy groups -OCH3 is 1. The number of aliphatic hydroxyl groups is 1. The predicted molar refractivity (Wildman–Crippen MR) is 86.0 cm³/mol. The van der Waals surface area contributed by atoms with Crippen LogP contribution in [0.4, 0.5) is 4.79 Å². The normalized spacial score (nSPS) is 13.3. The maximum atomic E-state index is 12.2. The molecule has 2 unspecified atom stereocenters. The molecule has 0 saturated heterocycles. The van der Waals surface area contributed by atoms with Gasteiger partial charge in [-0.1, -0.05) is 30.3 Å². The molecule has 1 aromatic carbocycles. The number of aryl methyl sites for hydroxylation is 1. The molecule has 0 radical (unpaired) electrons. The van der Waals surface area contributed by atoms with Crippen molar-refractivity contribution in [3.8, 4) is 0 Å². The van der Waals surface area contributed by atoms with E-state index in [9.17, 15) is 9.90 Å². The molecule has 2 aromatic rings. The standard InChI is InChI=1S/C17H22N2O4/c1-12-8-9-16(23-12)15(11-22-2)19-17(21)18-14(10-20)13-6-4-3-5-7-13/h3-9,14-15,20H,10-11H2,1-2H3,(H2,18,19,21). The summed E-state index contributed by atoms with van der Waals surface area (Å²) in [5.74, 6) is 1.39. The van der Waals surface area contributed by atoms with Gasteiger partial charge in [-0.25, -0.2) is 4.79 Å². The second kappa shape index (κ2) is 8.36. The first kappa shape index (κ1) is 17.1. The van der Waals surface area contributed by atoms with Crippen LogP contribution < -0.4 is 10.6 Å². The molecule has 0 aliphatic carbocycles. The fourth-order valence-corrected chi connectivity index (χ4v) is 2.28. The Balaban J connectivity index is 2.01. The highest BCUT2D eigenvalue weighted by molar-refractivity contribution is 5.75. The molecular formula is C17H22N2O4. The summed E-state index contributed by atoms with van der Waals surface area (Å²) in [6, 6.07) is 11.7. The lowest BCUT2D eigenvalue weighted by molar-refractivity contribution is 0.154. The SMILES string of the molecule is COCC(NC(=O)NC(CO)c1ccccc1)c1ccc(C)o1. The van der Waals surface area contributed by atoms with E-state index in [-0.39, 0.29) is 13.2 Å². The number of aliphatic hydroxyl groups excluding tert-OH is 1. The second-order valence-corrected chi connectivity index (χ2v) is 5.22. The summed E-state index contributed by atoms with van der Waals surface area (Å²) in [7, 11) is 1.56. The highest BCUT2D eigenvalue weighted by Gasteiger charge is 2.20. The number of rotatable bonds is 7. The lowest BCUT2D eigenvalue weighted by Crippen LogP contribution is -2.42. The molecule has 0 fully saturated rings. The van der Waals surface area contributed by atoms with Crippen LogP contribution in [0, 0.1) is 6.92 Å². The van der Waals surface area contributed by atoms with Crippen molar-refractivity contribution in [1.82, 2.24) is 10.6 Å². The molecule has 6 nitrogen and oxygen atoms in total. The number of carbonyl (C=O) groups is 1. The van der Waals surface area contributed by atoms with Gasteiger partial charge in [0.2, 0.25) is 0 Å². The van der Waals surface area contributed by atoms with Crippen molar-refractivity contribution in [3.05, 3.63) is 59.5 Å². The van der Waals surface area contributed by atoms with E-state index < -0.39 is 18.1 Å². The van der Waals surface area contributed by atoms with Gasteiger partial charge in [0.15, 0.2) is 0 Å². The summed E-state index contributed by atoms with van der Waals surface area (Å²) in [4.78, 5) is 12.2. The summed E-state index contributed by atoms with van der Waals surface area (Å²) in [6.07, 6.45) is 0. The van der Waals surface area contributed by atoms with Gasteiger partial charge >= 0.3 is 6.03 Å². The van der Waals surface area contributed by atoms with Crippen LogP contribution in [0.5, 0.6) is 0 Å². The molecule has 2 rings (SSSR count). The zero-order valence-corrected chi connectivity index (χ0v) is 13.3. The number of hydrogen-bond donors (Lipinski definition) is 3. The van der Waals surface area contributed by atoms with Crippen molar-refractivity contribution in [2.45, 2.75) is 19.0 Å². The Kier molecular flexibility index (Phi) is 6.19. The van der Waals surface area contributed by atoms with Crippen molar-refractivity contribution in [1.29, 1.82) is 0 Å². The molecule has 2 amide bonds. The Bertz CT molecular complexity index is 612. The molecule has 3 N–H and O–H groups in total. The minimum absolute atomic E-state index is 0.188. The average Bonchev–Trinajstić information content (AvgIpc) is 2.99. The Hall–Kier alpha value is -2.31. The minimum atomic E-state index is -0.474. The van der Waals surface area contributed by atoms with Gasteiger partial charge in [0.25, 0.3) is 0 Å². The molecule has 0 saturated carbocycles. The van der Waals surface area contributed by atoms with Crippen molar-refractivity contribution < 1.29 is 19.1 Å². The lowest BCUT2D eigenvalue weighted by atomic mass is 10.1. The quantitative estimate of drug-likeness (QED) is 0.731. The zero-order chi connectivity index (χ0) is 16.7. The summed E-state index contributed by atoms with van der Waals surface area (Å²) < 4.78 is 10.7. The molecule has 2 atom stereocenters. The number of hydrogen-bond acceptors (Lipinski definition) is 4. The first-order valence-corrected chi connectivity index (χ1v) is 7.42. The largest absolute Gasteiger partial charge is 0.464 e. The number of nitrogens with one attached hydrogen (secondary N) is 2. The highest BCUT2D eigenvalue weighted by Crippen LogP contribution is 2.17. The Morgan fingerprint density at radius 2 is 1.87 bits per heavy atom. The third kappa shape index (κ3) is 4.84. The topological polar surface area (TPSA) is 83.7 Å². The number of amides is 2. The molecule has 124 valence electrons. The van der Waals surface area contributed by atoms with Crippen molar-refractivity contribution in [2.75, 3.05) is 20.3 Å². The van der Waals surface area contributed by atoms with Crippen molar-refractivity contribution in [2.24, 2.45) is 0 Å². The lowest BCUT2D eigenvalue weighted by Gasteiger charge is -2.20. The fourth-order valence-electron chi connectivity index (χ4n) is 2.28. The van der Waals surface area contributed by atoms with Gasteiger partial charge < -0.3 is 24.9 Å². The van der Waals surface area contributed by atoms with E-state index in [2.05, 4.69) is 10.6 Å². The first-order valence-electron chi connectivity index (χ1n) is 7.42. The summed E-state index contributed by atoms with van der Waals surface area (Å²) >= 11 is 0. The van der Waals surface area contributed by atoms with E-state index in [0.29, 0.717) is 5.76 Å². The molecule has 1 heterocycles. The molecule has 0 aliphatic heterocycles. The second-order valence-electron chi connectivity index (χ2n) is 5.22.